The molecule has 0 unspecified atom stereocenters. The molecule has 0 N–H and O–H groups in total. The molecule has 0 saturated heterocycles. The van der Waals surface area contributed by atoms with E-state index in [2.05, 4.69) is 19.2 Å². The average molecular weight is 206 g/mol. The molecule has 1 heterocycles. The second kappa shape index (κ2) is 3.54. The number of rotatable bonds is 1. The van der Waals surface area contributed by atoms with Crippen LogP contribution in [-0.4, -0.2) is 0 Å². The van der Waals surface area contributed by atoms with Crippen LogP contribution in [0, 0.1) is 19.7 Å². The summed E-state index contributed by atoms with van der Waals surface area (Å²) in [6, 6.07) is 6.65. The van der Waals surface area contributed by atoms with Crippen molar-refractivity contribution in [2.24, 2.45) is 0 Å². The van der Waals surface area contributed by atoms with Gasteiger partial charge in [-0.05, 0) is 48.1 Å². The summed E-state index contributed by atoms with van der Waals surface area (Å²) in [6.45, 7) is 4.21. The molecule has 0 spiro atoms. The van der Waals surface area contributed by atoms with E-state index < -0.39 is 0 Å². The van der Waals surface area contributed by atoms with Gasteiger partial charge in [0.2, 0.25) is 0 Å². The third-order valence-electron chi connectivity index (χ3n) is 2.44. The molecule has 1 aromatic heterocycles. The Morgan fingerprint density at radius 1 is 1.07 bits per heavy atom. The summed E-state index contributed by atoms with van der Waals surface area (Å²) in [5.41, 5.74) is 3.60. The number of benzene rings is 1. The van der Waals surface area contributed by atoms with Crippen molar-refractivity contribution in [3.05, 3.63) is 45.9 Å². The zero-order valence-electron chi connectivity index (χ0n) is 8.17. The lowest BCUT2D eigenvalue weighted by atomic mass is 10.0. The van der Waals surface area contributed by atoms with E-state index in [1.54, 1.807) is 11.3 Å². The Hall–Kier alpha value is -1.15. The van der Waals surface area contributed by atoms with Crippen molar-refractivity contribution in [2.75, 3.05) is 0 Å². The normalized spacial score (nSPS) is 10.5. The van der Waals surface area contributed by atoms with Gasteiger partial charge in [-0.1, -0.05) is 12.1 Å². The van der Waals surface area contributed by atoms with Gasteiger partial charge in [0.1, 0.15) is 5.82 Å². The van der Waals surface area contributed by atoms with Crippen LogP contribution in [0.5, 0.6) is 0 Å². The summed E-state index contributed by atoms with van der Waals surface area (Å²) in [4.78, 5) is 1.32. The average Bonchev–Trinajstić information content (AvgIpc) is 2.50. The fraction of sp³-hybridized carbons (Fsp3) is 0.167. The van der Waals surface area contributed by atoms with Gasteiger partial charge in [-0.2, -0.15) is 0 Å². The van der Waals surface area contributed by atoms with Gasteiger partial charge in [0.05, 0.1) is 0 Å². The maximum absolute atomic E-state index is 12.7. The van der Waals surface area contributed by atoms with E-state index in [1.165, 1.54) is 28.1 Å². The van der Waals surface area contributed by atoms with Gasteiger partial charge >= 0.3 is 0 Å². The molecule has 0 saturated carbocycles. The van der Waals surface area contributed by atoms with Crippen molar-refractivity contribution in [3.8, 4) is 11.1 Å². The summed E-state index contributed by atoms with van der Waals surface area (Å²) >= 11 is 1.74. The first-order chi connectivity index (χ1) is 6.68. The van der Waals surface area contributed by atoms with Gasteiger partial charge < -0.3 is 0 Å². The Morgan fingerprint density at radius 2 is 1.71 bits per heavy atom. The molecule has 0 radical (unpaired) electrons. The van der Waals surface area contributed by atoms with E-state index in [1.807, 2.05) is 12.1 Å². The van der Waals surface area contributed by atoms with Gasteiger partial charge in [-0.3, -0.25) is 0 Å². The Labute approximate surface area is 87.0 Å². The van der Waals surface area contributed by atoms with E-state index in [0.29, 0.717) is 0 Å². The van der Waals surface area contributed by atoms with E-state index in [9.17, 15) is 4.39 Å². The first-order valence-corrected chi connectivity index (χ1v) is 5.37. The molecule has 14 heavy (non-hydrogen) atoms. The van der Waals surface area contributed by atoms with Crippen LogP contribution in [0.3, 0.4) is 0 Å². The lowest BCUT2D eigenvalue weighted by Gasteiger charge is -2.00. The van der Waals surface area contributed by atoms with Crippen LogP contribution in [0.15, 0.2) is 29.6 Å². The minimum atomic E-state index is -0.182. The van der Waals surface area contributed by atoms with Crippen LogP contribution < -0.4 is 0 Å². The third kappa shape index (κ3) is 1.58. The van der Waals surface area contributed by atoms with E-state index in [-0.39, 0.29) is 5.82 Å². The molecule has 0 aliphatic carbocycles. The maximum Gasteiger partial charge on any atom is 0.123 e. The molecule has 2 rings (SSSR count). The summed E-state index contributed by atoms with van der Waals surface area (Å²) in [5.74, 6) is -0.182. The Kier molecular flexibility index (Phi) is 2.38. The topological polar surface area (TPSA) is 0 Å². The van der Waals surface area contributed by atoms with Crippen molar-refractivity contribution in [3.63, 3.8) is 0 Å². The van der Waals surface area contributed by atoms with Gasteiger partial charge in [0.15, 0.2) is 0 Å². The van der Waals surface area contributed by atoms with Crippen LogP contribution in [0.2, 0.25) is 0 Å². The quantitative estimate of drug-likeness (QED) is 0.657. The molecule has 2 aromatic rings. The predicted octanol–water partition coefficient (Wildman–Crippen LogP) is 4.17. The number of hydrogen-bond acceptors (Lipinski definition) is 1. The lowest BCUT2D eigenvalue weighted by molar-refractivity contribution is 0.628. The molecule has 72 valence electrons. The highest BCUT2D eigenvalue weighted by Crippen LogP contribution is 2.30. The van der Waals surface area contributed by atoms with E-state index in [0.717, 1.165) is 5.56 Å². The maximum atomic E-state index is 12.7. The zero-order valence-corrected chi connectivity index (χ0v) is 8.99. The molecule has 0 aliphatic heterocycles. The first-order valence-electron chi connectivity index (χ1n) is 4.49. The number of aryl methyl sites for hydroxylation is 1. The molecule has 2 heteroatoms. The highest BCUT2D eigenvalue weighted by Gasteiger charge is 2.05. The lowest BCUT2D eigenvalue weighted by Crippen LogP contribution is -1.79. The smallest absolute Gasteiger partial charge is 0.123 e. The van der Waals surface area contributed by atoms with Crippen LogP contribution in [0.4, 0.5) is 4.39 Å². The van der Waals surface area contributed by atoms with E-state index in [4.69, 9.17) is 0 Å². The molecule has 0 aliphatic rings. The fourth-order valence-electron chi connectivity index (χ4n) is 1.43. The predicted molar refractivity (Wildman–Crippen MR) is 59.2 cm³/mol. The molecule has 0 amide bonds. The molecule has 0 fully saturated rings. The Bertz CT molecular complexity index is 440. The summed E-state index contributed by atoms with van der Waals surface area (Å²) in [6.07, 6.45) is 0. The van der Waals surface area contributed by atoms with Crippen LogP contribution >= 0.6 is 11.3 Å². The molecular weight excluding hydrogens is 195 g/mol. The van der Waals surface area contributed by atoms with Crippen LogP contribution in [0.1, 0.15) is 10.4 Å². The zero-order chi connectivity index (χ0) is 10.1. The van der Waals surface area contributed by atoms with Crippen LogP contribution in [0.25, 0.3) is 11.1 Å². The Morgan fingerprint density at radius 3 is 2.21 bits per heavy atom. The fourth-order valence-corrected chi connectivity index (χ4v) is 2.32. The molecule has 0 bridgehead atoms. The Balaban J connectivity index is 2.49. The second-order valence-electron chi connectivity index (χ2n) is 3.34. The number of hydrogen-bond donors (Lipinski definition) is 0. The molecule has 0 atom stereocenters. The van der Waals surface area contributed by atoms with Crippen LogP contribution in [-0.2, 0) is 0 Å². The van der Waals surface area contributed by atoms with Gasteiger partial charge in [0.25, 0.3) is 0 Å². The summed E-state index contributed by atoms with van der Waals surface area (Å²) in [7, 11) is 0. The van der Waals surface area contributed by atoms with Crippen molar-refractivity contribution >= 4 is 11.3 Å². The number of thiophene rings is 1. The molecule has 0 nitrogen and oxygen atoms in total. The first kappa shape index (κ1) is 9.41. The van der Waals surface area contributed by atoms with E-state index >= 15 is 0 Å². The summed E-state index contributed by atoms with van der Waals surface area (Å²) in [5, 5.41) is 2.12. The van der Waals surface area contributed by atoms with Crippen molar-refractivity contribution in [2.45, 2.75) is 13.8 Å². The monoisotopic (exact) mass is 206 g/mol. The minimum absolute atomic E-state index is 0.182. The number of halogens is 1. The summed E-state index contributed by atoms with van der Waals surface area (Å²) < 4.78 is 12.7. The van der Waals surface area contributed by atoms with Crippen molar-refractivity contribution in [1.29, 1.82) is 0 Å². The van der Waals surface area contributed by atoms with Gasteiger partial charge in [0, 0.05) is 4.88 Å². The third-order valence-corrected chi connectivity index (χ3v) is 3.45. The standard InChI is InChI=1S/C12H11FS/c1-8-9(2)14-7-12(8)10-3-5-11(13)6-4-10/h3-7H,1-2H3. The van der Waals surface area contributed by atoms with Crippen molar-refractivity contribution in [1.82, 2.24) is 0 Å². The second-order valence-corrected chi connectivity index (χ2v) is 4.42. The highest BCUT2D eigenvalue weighted by atomic mass is 32.1. The molecular formula is C12H11FS. The van der Waals surface area contributed by atoms with Gasteiger partial charge in [-0.15, -0.1) is 11.3 Å². The largest absolute Gasteiger partial charge is 0.207 e. The highest BCUT2D eigenvalue weighted by molar-refractivity contribution is 7.10. The SMILES string of the molecule is Cc1scc(-c2ccc(F)cc2)c1C. The van der Waals surface area contributed by atoms with Gasteiger partial charge in [-0.25, -0.2) is 4.39 Å². The molecule has 1 aromatic carbocycles. The minimum Gasteiger partial charge on any atom is -0.207 e. The van der Waals surface area contributed by atoms with Crippen molar-refractivity contribution < 1.29 is 4.39 Å².